The summed E-state index contributed by atoms with van der Waals surface area (Å²) in [6.07, 6.45) is 0.904. The second-order valence-corrected chi connectivity index (χ2v) is 5.88. The molecule has 22 heavy (non-hydrogen) atoms. The van der Waals surface area contributed by atoms with Crippen molar-refractivity contribution in [1.82, 2.24) is 4.90 Å². The van der Waals surface area contributed by atoms with Gasteiger partial charge in [0.2, 0.25) is 0 Å². The van der Waals surface area contributed by atoms with Crippen molar-refractivity contribution in [3.8, 4) is 0 Å². The molecular formula is C19H21NO2. The minimum atomic E-state index is -0.234. The van der Waals surface area contributed by atoms with Crippen molar-refractivity contribution >= 4 is 5.97 Å². The first-order valence-electron chi connectivity index (χ1n) is 7.73. The highest BCUT2D eigenvalue weighted by Crippen LogP contribution is 2.30. The Morgan fingerprint density at radius 2 is 1.68 bits per heavy atom. The number of ether oxygens (including phenoxy) is 1. The first-order valence-corrected chi connectivity index (χ1v) is 7.73. The Morgan fingerprint density at radius 3 is 2.36 bits per heavy atom. The lowest BCUT2D eigenvalue weighted by molar-refractivity contribution is 0.00224. The molecule has 1 heterocycles. The number of hydrogen-bond donors (Lipinski definition) is 0. The molecule has 3 rings (SSSR count). The summed E-state index contributed by atoms with van der Waals surface area (Å²) in [6.45, 7) is 1.80. The van der Waals surface area contributed by atoms with Gasteiger partial charge >= 0.3 is 5.97 Å². The Hall–Kier alpha value is -2.13. The Balaban J connectivity index is 1.77. The quantitative estimate of drug-likeness (QED) is 0.813. The number of nitrogens with zero attached hydrogens (tertiary/aromatic N) is 1. The zero-order chi connectivity index (χ0) is 15.4. The largest absolute Gasteiger partial charge is 0.457 e. The number of piperidine rings is 1. The molecule has 0 aliphatic carbocycles. The lowest BCUT2D eigenvalue weighted by atomic mass is 9.87. The number of carbonyl (C=O) groups is 1. The van der Waals surface area contributed by atoms with E-state index < -0.39 is 0 Å². The van der Waals surface area contributed by atoms with Crippen molar-refractivity contribution in [1.29, 1.82) is 0 Å². The molecule has 0 aromatic heterocycles. The van der Waals surface area contributed by atoms with Crippen LogP contribution in [0.5, 0.6) is 0 Å². The van der Waals surface area contributed by atoms with Crippen LogP contribution in [0.3, 0.4) is 0 Å². The molecule has 1 aliphatic heterocycles. The van der Waals surface area contributed by atoms with Crippen LogP contribution in [0.25, 0.3) is 0 Å². The summed E-state index contributed by atoms with van der Waals surface area (Å²) in [5.41, 5.74) is 1.86. The van der Waals surface area contributed by atoms with Gasteiger partial charge in [-0.1, -0.05) is 48.5 Å². The molecule has 0 radical (unpaired) electrons. The first kappa shape index (κ1) is 14.8. The third kappa shape index (κ3) is 3.37. The maximum atomic E-state index is 12.4. The molecule has 2 atom stereocenters. The highest BCUT2D eigenvalue weighted by molar-refractivity contribution is 5.89. The zero-order valence-electron chi connectivity index (χ0n) is 12.8. The Morgan fingerprint density at radius 1 is 1.05 bits per heavy atom. The van der Waals surface area contributed by atoms with E-state index in [0.29, 0.717) is 5.56 Å². The number of likely N-dealkylation sites (N-methyl/N-ethyl adjacent to an activating group) is 1. The molecule has 1 saturated heterocycles. The van der Waals surface area contributed by atoms with Gasteiger partial charge in [0.05, 0.1) is 5.56 Å². The van der Waals surface area contributed by atoms with Gasteiger partial charge in [-0.05, 0) is 37.7 Å². The van der Waals surface area contributed by atoms with Crippen molar-refractivity contribution in [2.45, 2.75) is 18.4 Å². The van der Waals surface area contributed by atoms with Gasteiger partial charge in [0.15, 0.2) is 0 Å². The van der Waals surface area contributed by atoms with Crippen LogP contribution in [0.1, 0.15) is 28.3 Å². The molecular weight excluding hydrogens is 274 g/mol. The fourth-order valence-electron chi connectivity index (χ4n) is 3.05. The van der Waals surface area contributed by atoms with Gasteiger partial charge in [0.1, 0.15) is 6.10 Å². The molecule has 0 bridgehead atoms. The van der Waals surface area contributed by atoms with Crippen LogP contribution < -0.4 is 0 Å². The zero-order valence-corrected chi connectivity index (χ0v) is 12.8. The van der Waals surface area contributed by atoms with Crippen LogP contribution in [-0.2, 0) is 4.74 Å². The molecule has 2 aromatic carbocycles. The van der Waals surface area contributed by atoms with E-state index in [2.05, 4.69) is 24.1 Å². The molecule has 2 aromatic rings. The predicted octanol–water partition coefficient (Wildman–Crippen LogP) is 3.33. The second kappa shape index (κ2) is 6.75. The molecule has 3 heteroatoms. The number of benzene rings is 2. The van der Waals surface area contributed by atoms with Crippen molar-refractivity contribution in [2.75, 3.05) is 20.1 Å². The van der Waals surface area contributed by atoms with Gasteiger partial charge in [-0.2, -0.15) is 0 Å². The number of likely N-dealkylation sites (tertiary alicyclic amines) is 1. The van der Waals surface area contributed by atoms with E-state index in [1.807, 2.05) is 36.4 Å². The van der Waals surface area contributed by atoms with E-state index >= 15 is 0 Å². The topological polar surface area (TPSA) is 29.5 Å². The number of carbonyl (C=O) groups excluding carboxylic acids is 1. The molecule has 2 unspecified atom stereocenters. The predicted molar refractivity (Wildman–Crippen MR) is 86.9 cm³/mol. The number of rotatable bonds is 3. The summed E-state index contributed by atoms with van der Waals surface area (Å²) in [4.78, 5) is 14.6. The third-order valence-corrected chi connectivity index (χ3v) is 4.26. The van der Waals surface area contributed by atoms with Crippen LogP contribution >= 0.6 is 0 Å². The summed E-state index contributed by atoms with van der Waals surface area (Å²) < 4.78 is 5.83. The second-order valence-electron chi connectivity index (χ2n) is 5.88. The number of esters is 1. The van der Waals surface area contributed by atoms with Gasteiger partial charge in [-0.3, -0.25) is 0 Å². The molecule has 0 spiro atoms. The minimum Gasteiger partial charge on any atom is -0.457 e. The monoisotopic (exact) mass is 295 g/mol. The summed E-state index contributed by atoms with van der Waals surface area (Å²) in [6, 6.07) is 19.6. The van der Waals surface area contributed by atoms with Crippen molar-refractivity contribution < 1.29 is 9.53 Å². The smallest absolute Gasteiger partial charge is 0.338 e. The highest BCUT2D eigenvalue weighted by atomic mass is 16.5. The van der Waals surface area contributed by atoms with Crippen LogP contribution in [0.2, 0.25) is 0 Å². The molecule has 0 N–H and O–H groups in total. The average molecular weight is 295 g/mol. The van der Waals surface area contributed by atoms with E-state index in [1.54, 1.807) is 12.1 Å². The van der Waals surface area contributed by atoms with E-state index in [9.17, 15) is 4.79 Å². The standard InChI is InChI=1S/C19H21NO2/c1-20-13-12-17(15-8-4-2-5-9-15)18(14-20)22-19(21)16-10-6-3-7-11-16/h2-11,17-18H,12-14H2,1H3. The highest BCUT2D eigenvalue weighted by Gasteiger charge is 2.32. The maximum Gasteiger partial charge on any atom is 0.338 e. The molecule has 0 saturated carbocycles. The van der Waals surface area contributed by atoms with Crippen molar-refractivity contribution in [2.24, 2.45) is 0 Å². The Kier molecular flexibility index (Phi) is 4.54. The van der Waals surface area contributed by atoms with Crippen LogP contribution in [0.15, 0.2) is 60.7 Å². The fraction of sp³-hybridized carbons (Fsp3) is 0.316. The Labute approximate surface area is 131 Å². The van der Waals surface area contributed by atoms with E-state index in [-0.39, 0.29) is 18.0 Å². The lowest BCUT2D eigenvalue weighted by Crippen LogP contribution is -2.43. The maximum absolute atomic E-state index is 12.4. The molecule has 3 nitrogen and oxygen atoms in total. The Bertz CT molecular complexity index is 612. The fourth-order valence-corrected chi connectivity index (χ4v) is 3.05. The summed E-state index contributed by atoms with van der Waals surface area (Å²) in [7, 11) is 2.07. The van der Waals surface area contributed by atoms with E-state index in [0.717, 1.165) is 19.5 Å². The van der Waals surface area contributed by atoms with Crippen molar-refractivity contribution in [3.63, 3.8) is 0 Å². The summed E-state index contributed by atoms with van der Waals surface area (Å²) in [5, 5.41) is 0. The minimum absolute atomic E-state index is 0.103. The van der Waals surface area contributed by atoms with Gasteiger partial charge in [0.25, 0.3) is 0 Å². The molecule has 1 fully saturated rings. The average Bonchev–Trinajstić information content (AvgIpc) is 2.56. The van der Waals surface area contributed by atoms with Gasteiger partial charge in [-0.25, -0.2) is 4.79 Å². The lowest BCUT2D eigenvalue weighted by Gasteiger charge is -2.36. The molecule has 1 aliphatic rings. The molecule has 114 valence electrons. The summed E-state index contributed by atoms with van der Waals surface area (Å²) >= 11 is 0. The van der Waals surface area contributed by atoms with E-state index in [4.69, 9.17) is 4.74 Å². The first-order chi connectivity index (χ1) is 10.7. The van der Waals surface area contributed by atoms with Crippen LogP contribution in [0, 0.1) is 0 Å². The number of hydrogen-bond acceptors (Lipinski definition) is 3. The van der Waals surface area contributed by atoms with E-state index in [1.165, 1.54) is 5.56 Å². The molecule has 0 amide bonds. The van der Waals surface area contributed by atoms with Crippen LogP contribution in [-0.4, -0.2) is 37.1 Å². The van der Waals surface area contributed by atoms with Gasteiger partial charge in [0, 0.05) is 12.5 Å². The van der Waals surface area contributed by atoms with Crippen LogP contribution in [0.4, 0.5) is 0 Å². The van der Waals surface area contributed by atoms with Gasteiger partial charge < -0.3 is 9.64 Å². The van der Waals surface area contributed by atoms with Gasteiger partial charge in [-0.15, -0.1) is 0 Å². The van der Waals surface area contributed by atoms with Crippen molar-refractivity contribution in [3.05, 3.63) is 71.8 Å². The SMILES string of the molecule is CN1CCC(c2ccccc2)C(OC(=O)c2ccccc2)C1. The third-order valence-electron chi connectivity index (χ3n) is 4.26. The normalized spacial score (nSPS) is 22.2. The summed E-state index contributed by atoms with van der Waals surface area (Å²) in [5.74, 6) is 0.0342.